The molecule has 0 aliphatic carbocycles. The molecule has 2 unspecified atom stereocenters. The van der Waals surface area contributed by atoms with Crippen LogP contribution in [0.2, 0.25) is 0 Å². The Labute approximate surface area is 137 Å². The van der Waals surface area contributed by atoms with E-state index in [2.05, 4.69) is 10.5 Å². The number of nitrogens with zero attached hydrogens (tertiary/aromatic N) is 2. The summed E-state index contributed by atoms with van der Waals surface area (Å²) in [5.41, 5.74) is -0.156. The van der Waals surface area contributed by atoms with E-state index in [1.54, 1.807) is 0 Å². The lowest BCUT2D eigenvalue weighted by Gasteiger charge is -2.40. The lowest BCUT2D eigenvalue weighted by Crippen LogP contribution is -2.58. The smallest absolute Gasteiger partial charge is 0.360 e. The van der Waals surface area contributed by atoms with E-state index in [0.717, 1.165) is 4.90 Å². The Balaban J connectivity index is 2.24. The predicted octanol–water partition coefficient (Wildman–Crippen LogP) is 2.47. The SMILES string of the molecule is CC(=O)NC1CCC(C(F)(F)F)N(C(=O)c2cc(C(C)C)on2)C1. The summed E-state index contributed by atoms with van der Waals surface area (Å²) >= 11 is 0. The number of aromatic nitrogens is 1. The maximum Gasteiger partial charge on any atom is 0.408 e. The van der Waals surface area contributed by atoms with Crippen molar-refractivity contribution >= 4 is 11.8 Å². The van der Waals surface area contributed by atoms with Crippen molar-refractivity contribution in [2.45, 2.75) is 57.8 Å². The molecule has 1 N–H and O–H groups in total. The first-order chi connectivity index (χ1) is 11.1. The van der Waals surface area contributed by atoms with E-state index in [1.165, 1.54) is 13.0 Å². The highest BCUT2D eigenvalue weighted by molar-refractivity contribution is 5.92. The third-order valence-corrected chi connectivity index (χ3v) is 3.94. The molecule has 0 spiro atoms. The van der Waals surface area contributed by atoms with Crippen LogP contribution >= 0.6 is 0 Å². The first-order valence-electron chi connectivity index (χ1n) is 7.71. The number of carbonyl (C=O) groups is 2. The van der Waals surface area contributed by atoms with Crippen molar-refractivity contribution in [3.63, 3.8) is 0 Å². The largest absolute Gasteiger partial charge is 0.408 e. The standard InChI is InChI=1S/C15H20F3N3O3/c1-8(2)12-6-11(20-24-12)14(23)21-7-10(19-9(3)22)4-5-13(21)15(16,17)18/h6,8,10,13H,4-5,7H2,1-3H3,(H,19,22). The summed E-state index contributed by atoms with van der Waals surface area (Å²) in [4.78, 5) is 24.4. The Morgan fingerprint density at radius 1 is 1.38 bits per heavy atom. The van der Waals surface area contributed by atoms with Gasteiger partial charge in [0, 0.05) is 31.5 Å². The minimum Gasteiger partial charge on any atom is -0.360 e. The molecule has 6 nitrogen and oxygen atoms in total. The summed E-state index contributed by atoms with van der Waals surface area (Å²) in [7, 11) is 0. The zero-order chi connectivity index (χ0) is 18.1. The number of likely N-dealkylation sites (tertiary alicyclic amines) is 1. The highest BCUT2D eigenvalue weighted by atomic mass is 19.4. The highest BCUT2D eigenvalue weighted by Gasteiger charge is 2.48. The molecule has 1 aliphatic rings. The Hall–Kier alpha value is -2.06. The van der Waals surface area contributed by atoms with Gasteiger partial charge in [0.15, 0.2) is 5.69 Å². The van der Waals surface area contributed by atoms with Crippen LogP contribution in [-0.2, 0) is 4.79 Å². The molecule has 1 aliphatic heterocycles. The van der Waals surface area contributed by atoms with E-state index >= 15 is 0 Å². The van der Waals surface area contributed by atoms with Crippen LogP contribution in [0, 0.1) is 0 Å². The number of piperidine rings is 1. The lowest BCUT2D eigenvalue weighted by atomic mass is 9.97. The fraction of sp³-hybridized carbons (Fsp3) is 0.667. The summed E-state index contributed by atoms with van der Waals surface area (Å²) in [5.74, 6) is -0.798. The van der Waals surface area contributed by atoms with Crippen molar-refractivity contribution in [1.29, 1.82) is 0 Å². The van der Waals surface area contributed by atoms with E-state index < -0.39 is 24.2 Å². The summed E-state index contributed by atoms with van der Waals surface area (Å²) < 4.78 is 44.8. The van der Waals surface area contributed by atoms with Crippen molar-refractivity contribution in [2.75, 3.05) is 6.54 Å². The zero-order valence-corrected chi connectivity index (χ0v) is 13.7. The summed E-state index contributed by atoms with van der Waals surface area (Å²) in [6.45, 7) is 4.71. The van der Waals surface area contributed by atoms with Gasteiger partial charge in [0.1, 0.15) is 11.8 Å². The molecule has 1 aromatic heterocycles. The van der Waals surface area contributed by atoms with Crippen LogP contribution in [0.4, 0.5) is 13.2 Å². The van der Waals surface area contributed by atoms with Crippen molar-refractivity contribution < 1.29 is 27.3 Å². The van der Waals surface area contributed by atoms with Crippen LogP contribution in [0.15, 0.2) is 10.6 Å². The Kier molecular flexibility index (Phi) is 5.19. The second-order valence-corrected chi connectivity index (χ2v) is 6.26. The Morgan fingerprint density at radius 2 is 2.04 bits per heavy atom. The molecule has 1 saturated heterocycles. The second-order valence-electron chi connectivity index (χ2n) is 6.26. The van der Waals surface area contributed by atoms with Crippen LogP contribution in [-0.4, -0.2) is 46.7 Å². The number of carbonyl (C=O) groups excluding carboxylic acids is 2. The maximum absolute atomic E-state index is 13.3. The molecule has 24 heavy (non-hydrogen) atoms. The van der Waals surface area contributed by atoms with Gasteiger partial charge in [-0.1, -0.05) is 19.0 Å². The van der Waals surface area contributed by atoms with Crippen LogP contribution in [0.3, 0.4) is 0 Å². The molecule has 0 radical (unpaired) electrons. The molecule has 2 atom stereocenters. The van der Waals surface area contributed by atoms with E-state index in [4.69, 9.17) is 4.52 Å². The van der Waals surface area contributed by atoms with Crippen LogP contribution in [0.1, 0.15) is 55.8 Å². The number of rotatable bonds is 3. The van der Waals surface area contributed by atoms with Gasteiger partial charge in [-0.05, 0) is 12.8 Å². The third kappa shape index (κ3) is 4.07. The summed E-state index contributed by atoms with van der Waals surface area (Å²) in [5, 5.41) is 6.16. The van der Waals surface area contributed by atoms with Crippen LogP contribution in [0.5, 0.6) is 0 Å². The molecule has 0 bridgehead atoms. The van der Waals surface area contributed by atoms with E-state index in [0.29, 0.717) is 5.76 Å². The average Bonchev–Trinajstić information content (AvgIpc) is 2.94. The predicted molar refractivity (Wildman–Crippen MR) is 78.3 cm³/mol. The maximum atomic E-state index is 13.3. The number of halogens is 3. The van der Waals surface area contributed by atoms with Gasteiger partial charge in [0.2, 0.25) is 5.91 Å². The minimum atomic E-state index is -4.54. The quantitative estimate of drug-likeness (QED) is 0.911. The monoisotopic (exact) mass is 347 g/mol. The number of amides is 2. The fourth-order valence-electron chi connectivity index (χ4n) is 2.75. The van der Waals surface area contributed by atoms with Gasteiger partial charge in [-0.25, -0.2) is 0 Å². The second kappa shape index (κ2) is 6.82. The molecular formula is C15H20F3N3O3. The zero-order valence-electron chi connectivity index (χ0n) is 13.7. The first-order valence-corrected chi connectivity index (χ1v) is 7.71. The molecule has 1 fully saturated rings. The number of hydrogen-bond donors (Lipinski definition) is 1. The van der Waals surface area contributed by atoms with Gasteiger partial charge in [-0.2, -0.15) is 13.2 Å². The topological polar surface area (TPSA) is 75.4 Å². The normalized spacial score (nSPS) is 21.9. The van der Waals surface area contributed by atoms with Crippen LogP contribution in [0.25, 0.3) is 0 Å². The fourth-order valence-corrected chi connectivity index (χ4v) is 2.75. The van der Waals surface area contributed by atoms with Crippen molar-refractivity contribution in [2.24, 2.45) is 0 Å². The molecule has 0 aromatic carbocycles. The van der Waals surface area contributed by atoms with Gasteiger partial charge in [0.05, 0.1) is 0 Å². The Morgan fingerprint density at radius 3 is 2.54 bits per heavy atom. The summed E-state index contributed by atoms with van der Waals surface area (Å²) in [6, 6.07) is -1.04. The first kappa shape index (κ1) is 18.3. The van der Waals surface area contributed by atoms with Crippen molar-refractivity contribution in [1.82, 2.24) is 15.4 Å². The molecule has 2 amide bonds. The minimum absolute atomic E-state index is 0.0362. The lowest BCUT2D eigenvalue weighted by molar-refractivity contribution is -0.184. The number of alkyl halides is 3. The van der Waals surface area contributed by atoms with Gasteiger partial charge >= 0.3 is 6.18 Å². The number of hydrogen-bond acceptors (Lipinski definition) is 4. The highest BCUT2D eigenvalue weighted by Crippen LogP contribution is 2.33. The molecule has 0 saturated carbocycles. The summed E-state index contributed by atoms with van der Waals surface area (Å²) in [6.07, 6.45) is -4.65. The van der Waals surface area contributed by atoms with Crippen molar-refractivity contribution in [3.05, 3.63) is 17.5 Å². The van der Waals surface area contributed by atoms with Crippen molar-refractivity contribution in [3.8, 4) is 0 Å². The Bertz CT molecular complexity index is 613. The molecular weight excluding hydrogens is 327 g/mol. The molecule has 134 valence electrons. The molecule has 2 rings (SSSR count). The third-order valence-electron chi connectivity index (χ3n) is 3.94. The van der Waals surface area contributed by atoms with E-state index in [-0.39, 0.29) is 36.9 Å². The molecule has 9 heteroatoms. The van der Waals surface area contributed by atoms with Crippen LogP contribution < -0.4 is 5.32 Å². The van der Waals surface area contributed by atoms with E-state index in [9.17, 15) is 22.8 Å². The number of nitrogens with one attached hydrogen (secondary N) is 1. The molecule has 2 heterocycles. The van der Waals surface area contributed by atoms with Gasteiger partial charge in [-0.3, -0.25) is 9.59 Å². The van der Waals surface area contributed by atoms with Gasteiger partial charge < -0.3 is 14.7 Å². The average molecular weight is 347 g/mol. The molecule has 1 aromatic rings. The van der Waals surface area contributed by atoms with E-state index in [1.807, 2.05) is 13.8 Å². The van der Waals surface area contributed by atoms with Gasteiger partial charge in [0.25, 0.3) is 5.91 Å². The van der Waals surface area contributed by atoms with Gasteiger partial charge in [-0.15, -0.1) is 0 Å².